The largest absolute Gasteiger partial charge is 0.0651 e. The second kappa shape index (κ2) is 4.17. The van der Waals surface area contributed by atoms with Crippen LogP contribution in [0.1, 0.15) is 25.8 Å². The van der Waals surface area contributed by atoms with Crippen molar-refractivity contribution in [3.05, 3.63) is 35.9 Å². The minimum absolute atomic E-state index is 0.817. The van der Waals surface area contributed by atoms with Crippen LogP contribution < -0.4 is 0 Å². The van der Waals surface area contributed by atoms with Crippen LogP contribution >= 0.6 is 0 Å². The molecular formula is C11H16. The first-order chi connectivity index (χ1) is 5.33. The molecule has 0 aromatic heterocycles. The number of benzene rings is 1. The van der Waals surface area contributed by atoms with Gasteiger partial charge in [0.25, 0.3) is 0 Å². The Morgan fingerprint density at radius 1 is 1.18 bits per heavy atom. The van der Waals surface area contributed by atoms with Crippen LogP contribution in [0.5, 0.6) is 0 Å². The van der Waals surface area contributed by atoms with E-state index in [9.17, 15) is 0 Å². The predicted molar refractivity (Wildman–Crippen MR) is 49.6 cm³/mol. The third-order valence-electron chi connectivity index (χ3n) is 2.12. The van der Waals surface area contributed by atoms with Gasteiger partial charge in [-0.05, 0) is 17.9 Å². The molecule has 0 amide bonds. The van der Waals surface area contributed by atoms with Crippen molar-refractivity contribution in [3.63, 3.8) is 0 Å². The molecule has 0 fully saturated rings. The standard InChI is InChI=1S/C11H16/c1-3-10(2)9-11-7-5-4-6-8-11/h4-8,10H,3,9H2,1-2H3/t10-/m1/s1. The van der Waals surface area contributed by atoms with E-state index in [1.54, 1.807) is 0 Å². The average Bonchev–Trinajstić information content (AvgIpc) is 2.06. The van der Waals surface area contributed by atoms with E-state index in [1.165, 1.54) is 18.4 Å². The van der Waals surface area contributed by atoms with E-state index in [4.69, 9.17) is 0 Å². The van der Waals surface area contributed by atoms with Crippen LogP contribution in [0.3, 0.4) is 0 Å². The highest BCUT2D eigenvalue weighted by molar-refractivity contribution is 5.14. The summed E-state index contributed by atoms with van der Waals surface area (Å²) < 4.78 is 0. The van der Waals surface area contributed by atoms with E-state index >= 15 is 0 Å². The molecule has 0 nitrogen and oxygen atoms in total. The molecule has 0 spiro atoms. The zero-order valence-corrected chi connectivity index (χ0v) is 7.38. The molecule has 0 aliphatic rings. The fourth-order valence-corrected chi connectivity index (χ4v) is 1.16. The van der Waals surface area contributed by atoms with E-state index in [1.807, 2.05) is 0 Å². The smallest absolute Gasteiger partial charge is 0.0253 e. The van der Waals surface area contributed by atoms with Crippen molar-refractivity contribution in [2.24, 2.45) is 5.92 Å². The Balaban J connectivity index is 2.51. The summed E-state index contributed by atoms with van der Waals surface area (Å²) in [5, 5.41) is 0. The van der Waals surface area contributed by atoms with Gasteiger partial charge in [0.05, 0.1) is 0 Å². The lowest BCUT2D eigenvalue weighted by molar-refractivity contribution is 0.560. The Bertz CT molecular complexity index is 188. The van der Waals surface area contributed by atoms with Gasteiger partial charge in [0.15, 0.2) is 0 Å². The SMILES string of the molecule is CC[C@@H](C)Cc1ccccc1. The summed E-state index contributed by atoms with van der Waals surface area (Å²) in [6, 6.07) is 10.7. The van der Waals surface area contributed by atoms with E-state index < -0.39 is 0 Å². The summed E-state index contributed by atoms with van der Waals surface area (Å²) >= 11 is 0. The molecule has 0 heterocycles. The van der Waals surface area contributed by atoms with Crippen LogP contribution in [-0.4, -0.2) is 0 Å². The fraction of sp³-hybridized carbons (Fsp3) is 0.455. The van der Waals surface area contributed by atoms with Crippen LogP contribution in [0.2, 0.25) is 0 Å². The zero-order valence-electron chi connectivity index (χ0n) is 7.38. The summed E-state index contributed by atoms with van der Waals surface area (Å²) in [5.41, 5.74) is 1.46. The van der Waals surface area contributed by atoms with Gasteiger partial charge >= 0.3 is 0 Å². The Hall–Kier alpha value is -0.780. The molecule has 0 radical (unpaired) electrons. The molecule has 11 heavy (non-hydrogen) atoms. The van der Waals surface area contributed by atoms with Crippen LogP contribution in [0.15, 0.2) is 30.3 Å². The summed E-state index contributed by atoms with van der Waals surface area (Å²) in [6.45, 7) is 4.54. The van der Waals surface area contributed by atoms with E-state index in [0.717, 1.165) is 5.92 Å². The minimum atomic E-state index is 0.817. The van der Waals surface area contributed by atoms with Crippen molar-refractivity contribution < 1.29 is 0 Å². The molecule has 0 aliphatic heterocycles. The summed E-state index contributed by atoms with van der Waals surface area (Å²) in [6.07, 6.45) is 2.49. The molecule has 0 bridgehead atoms. The molecule has 60 valence electrons. The van der Waals surface area contributed by atoms with Crippen molar-refractivity contribution in [3.8, 4) is 0 Å². The lowest BCUT2D eigenvalue weighted by Crippen LogP contribution is -1.96. The van der Waals surface area contributed by atoms with Gasteiger partial charge in [0.2, 0.25) is 0 Å². The van der Waals surface area contributed by atoms with E-state index in [0.29, 0.717) is 0 Å². The van der Waals surface area contributed by atoms with Crippen molar-refractivity contribution in [2.75, 3.05) is 0 Å². The van der Waals surface area contributed by atoms with Crippen LogP contribution in [0.4, 0.5) is 0 Å². The Kier molecular flexibility index (Phi) is 3.15. The van der Waals surface area contributed by atoms with E-state index in [-0.39, 0.29) is 0 Å². The predicted octanol–water partition coefficient (Wildman–Crippen LogP) is 3.28. The number of hydrogen-bond acceptors (Lipinski definition) is 0. The topological polar surface area (TPSA) is 0 Å². The third kappa shape index (κ3) is 2.75. The lowest BCUT2D eigenvalue weighted by Gasteiger charge is -2.06. The van der Waals surface area contributed by atoms with Gasteiger partial charge < -0.3 is 0 Å². The van der Waals surface area contributed by atoms with E-state index in [2.05, 4.69) is 44.2 Å². The van der Waals surface area contributed by atoms with Crippen LogP contribution in [-0.2, 0) is 6.42 Å². The normalized spacial score (nSPS) is 12.9. The molecule has 1 aromatic rings. The van der Waals surface area contributed by atoms with Gasteiger partial charge in [-0.3, -0.25) is 0 Å². The number of rotatable bonds is 3. The maximum Gasteiger partial charge on any atom is -0.0253 e. The molecule has 1 rings (SSSR count). The number of hydrogen-bond donors (Lipinski definition) is 0. The van der Waals surface area contributed by atoms with Crippen molar-refractivity contribution >= 4 is 0 Å². The Morgan fingerprint density at radius 3 is 2.36 bits per heavy atom. The second-order valence-electron chi connectivity index (χ2n) is 3.20. The van der Waals surface area contributed by atoms with Crippen molar-refractivity contribution in [1.82, 2.24) is 0 Å². The highest BCUT2D eigenvalue weighted by atomic mass is 14.0. The van der Waals surface area contributed by atoms with Crippen molar-refractivity contribution in [1.29, 1.82) is 0 Å². The maximum atomic E-state index is 2.30. The minimum Gasteiger partial charge on any atom is -0.0651 e. The molecule has 0 unspecified atom stereocenters. The Labute approximate surface area is 69.3 Å². The molecule has 1 atom stereocenters. The fourth-order valence-electron chi connectivity index (χ4n) is 1.16. The molecule has 1 aromatic carbocycles. The van der Waals surface area contributed by atoms with Gasteiger partial charge in [-0.15, -0.1) is 0 Å². The van der Waals surface area contributed by atoms with Gasteiger partial charge in [-0.25, -0.2) is 0 Å². The summed E-state index contributed by atoms with van der Waals surface area (Å²) in [4.78, 5) is 0. The van der Waals surface area contributed by atoms with Gasteiger partial charge in [0.1, 0.15) is 0 Å². The lowest BCUT2D eigenvalue weighted by atomic mass is 9.99. The Morgan fingerprint density at radius 2 is 1.82 bits per heavy atom. The first-order valence-corrected chi connectivity index (χ1v) is 4.37. The van der Waals surface area contributed by atoms with Crippen LogP contribution in [0.25, 0.3) is 0 Å². The quantitative estimate of drug-likeness (QED) is 0.617. The van der Waals surface area contributed by atoms with Gasteiger partial charge in [-0.1, -0.05) is 50.6 Å². The third-order valence-corrected chi connectivity index (χ3v) is 2.12. The molecule has 0 aliphatic carbocycles. The van der Waals surface area contributed by atoms with Gasteiger partial charge in [0, 0.05) is 0 Å². The van der Waals surface area contributed by atoms with Crippen molar-refractivity contribution in [2.45, 2.75) is 26.7 Å². The zero-order chi connectivity index (χ0) is 8.10. The first kappa shape index (κ1) is 8.32. The monoisotopic (exact) mass is 148 g/mol. The summed E-state index contributed by atoms with van der Waals surface area (Å²) in [7, 11) is 0. The summed E-state index contributed by atoms with van der Waals surface area (Å²) in [5.74, 6) is 0.817. The average molecular weight is 148 g/mol. The molecule has 0 saturated carbocycles. The van der Waals surface area contributed by atoms with Gasteiger partial charge in [-0.2, -0.15) is 0 Å². The maximum absolute atomic E-state index is 2.30. The highest BCUT2D eigenvalue weighted by Crippen LogP contribution is 2.10. The first-order valence-electron chi connectivity index (χ1n) is 4.37. The van der Waals surface area contributed by atoms with Crippen LogP contribution in [0, 0.1) is 5.92 Å². The molecular weight excluding hydrogens is 132 g/mol. The second-order valence-corrected chi connectivity index (χ2v) is 3.20. The molecule has 0 N–H and O–H groups in total. The molecule has 0 saturated heterocycles. The molecule has 0 heteroatoms. The highest BCUT2D eigenvalue weighted by Gasteiger charge is 1.98.